The van der Waals surface area contributed by atoms with Crippen molar-refractivity contribution in [2.45, 2.75) is 76.5 Å². The number of carboxylic acids is 1. The van der Waals surface area contributed by atoms with Gasteiger partial charge in [0.1, 0.15) is 5.75 Å². The predicted molar refractivity (Wildman–Crippen MR) is 146 cm³/mol. The molecule has 0 aliphatic heterocycles. The molecule has 3 heteroatoms. The van der Waals surface area contributed by atoms with Crippen LogP contribution in [-0.2, 0) is 5.41 Å². The van der Waals surface area contributed by atoms with E-state index in [-0.39, 0.29) is 0 Å². The molecule has 3 aromatic rings. The van der Waals surface area contributed by atoms with Gasteiger partial charge in [0.25, 0.3) is 0 Å². The van der Waals surface area contributed by atoms with Crippen molar-refractivity contribution in [1.82, 2.24) is 0 Å². The third kappa shape index (κ3) is 4.42. The maximum absolute atomic E-state index is 11.4. The fraction of sp³-hybridized carbons (Fsp3) is 0.485. The van der Waals surface area contributed by atoms with Crippen molar-refractivity contribution < 1.29 is 14.6 Å². The highest BCUT2D eigenvalue weighted by Gasteiger charge is 2.51. The van der Waals surface area contributed by atoms with Gasteiger partial charge < -0.3 is 9.84 Å². The van der Waals surface area contributed by atoms with E-state index in [2.05, 4.69) is 43.3 Å². The summed E-state index contributed by atoms with van der Waals surface area (Å²) in [6.45, 7) is 2.99. The minimum atomic E-state index is -0.886. The molecule has 4 aliphatic rings. The SMILES string of the molecule is CCCCCCOc1ccc(C23CC4CC(CC(C4)C2)C3)cc1-c1ccc2cc(C(=O)O)ccc2c1. The molecule has 3 nitrogen and oxygen atoms in total. The Morgan fingerprint density at radius 1 is 0.861 bits per heavy atom. The second-order valence-electron chi connectivity index (χ2n) is 11.9. The van der Waals surface area contributed by atoms with Gasteiger partial charge in [-0.2, -0.15) is 0 Å². The summed E-state index contributed by atoms with van der Waals surface area (Å²) in [6.07, 6.45) is 13.2. The molecule has 0 heterocycles. The maximum atomic E-state index is 11.4. The average molecular weight is 483 g/mol. The van der Waals surface area contributed by atoms with Crippen LogP contribution in [0.4, 0.5) is 0 Å². The molecule has 3 aromatic carbocycles. The van der Waals surface area contributed by atoms with Gasteiger partial charge in [-0.15, -0.1) is 0 Å². The van der Waals surface area contributed by atoms with Crippen molar-refractivity contribution in [3.8, 4) is 16.9 Å². The third-order valence-electron chi connectivity index (χ3n) is 9.28. The van der Waals surface area contributed by atoms with E-state index in [9.17, 15) is 9.90 Å². The molecular weight excluding hydrogens is 444 g/mol. The lowest BCUT2D eigenvalue weighted by Gasteiger charge is -2.57. The Morgan fingerprint density at radius 3 is 2.25 bits per heavy atom. The Kier molecular flexibility index (Phi) is 6.27. The van der Waals surface area contributed by atoms with Crippen LogP contribution in [-0.4, -0.2) is 17.7 Å². The zero-order valence-corrected chi connectivity index (χ0v) is 21.5. The fourth-order valence-corrected chi connectivity index (χ4v) is 7.93. The Bertz CT molecular complexity index is 1240. The van der Waals surface area contributed by atoms with E-state index < -0.39 is 5.97 Å². The van der Waals surface area contributed by atoms with Crippen LogP contribution in [0, 0.1) is 17.8 Å². The Hall–Kier alpha value is -2.81. The number of hydrogen-bond donors (Lipinski definition) is 1. The first-order valence-electron chi connectivity index (χ1n) is 14.1. The van der Waals surface area contributed by atoms with Crippen LogP contribution in [0.5, 0.6) is 5.75 Å². The van der Waals surface area contributed by atoms with Gasteiger partial charge in [-0.25, -0.2) is 4.79 Å². The van der Waals surface area contributed by atoms with Crippen molar-refractivity contribution in [3.63, 3.8) is 0 Å². The molecule has 0 aromatic heterocycles. The number of benzene rings is 3. The highest BCUT2D eigenvalue weighted by atomic mass is 16.5. The van der Waals surface area contributed by atoms with Gasteiger partial charge in [0.15, 0.2) is 0 Å². The van der Waals surface area contributed by atoms with E-state index in [1.165, 1.54) is 68.9 Å². The summed E-state index contributed by atoms with van der Waals surface area (Å²) in [5.41, 5.74) is 4.52. The van der Waals surface area contributed by atoms with E-state index in [1.54, 1.807) is 12.1 Å². The van der Waals surface area contributed by atoms with E-state index in [4.69, 9.17) is 4.74 Å². The molecule has 0 unspecified atom stereocenters. The van der Waals surface area contributed by atoms with Crippen LogP contribution in [0.3, 0.4) is 0 Å². The van der Waals surface area contributed by atoms with E-state index in [0.717, 1.165) is 52.9 Å². The number of carboxylic acid groups (broad SMARTS) is 1. The fourth-order valence-electron chi connectivity index (χ4n) is 7.93. The quantitative estimate of drug-likeness (QED) is 0.310. The second-order valence-corrected chi connectivity index (χ2v) is 11.9. The standard InChI is InChI=1S/C33H38O3/c1-2-3-4-5-12-36-31-11-10-29(33-19-22-13-23(20-33)15-24(14-22)21-33)18-30(31)27-8-6-26-17-28(32(34)35)9-7-25(26)16-27/h6-11,16-18,22-24H,2-5,12-15,19-21H2,1H3,(H,34,35). The molecule has 0 radical (unpaired) electrons. The van der Waals surface area contributed by atoms with Gasteiger partial charge in [0.05, 0.1) is 12.2 Å². The Labute approximate surface area is 214 Å². The Balaban J connectivity index is 1.37. The molecule has 188 valence electrons. The lowest BCUT2D eigenvalue weighted by Crippen LogP contribution is -2.48. The number of unbranched alkanes of at least 4 members (excludes halogenated alkanes) is 3. The van der Waals surface area contributed by atoms with Gasteiger partial charge in [-0.3, -0.25) is 0 Å². The highest BCUT2D eigenvalue weighted by Crippen LogP contribution is 2.61. The van der Waals surface area contributed by atoms with Gasteiger partial charge >= 0.3 is 5.97 Å². The second kappa shape index (κ2) is 9.57. The lowest BCUT2D eigenvalue weighted by molar-refractivity contribution is -0.00518. The van der Waals surface area contributed by atoms with Gasteiger partial charge in [-0.05, 0) is 120 Å². The van der Waals surface area contributed by atoms with E-state index in [0.29, 0.717) is 11.0 Å². The molecule has 4 bridgehead atoms. The van der Waals surface area contributed by atoms with E-state index in [1.807, 2.05) is 6.07 Å². The molecule has 36 heavy (non-hydrogen) atoms. The van der Waals surface area contributed by atoms with Crippen molar-refractivity contribution >= 4 is 16.7 Å². The molecule has 0 atom stereocenters. The predicted octanol–water partition coefficient (Wildman–Crippen LogP) is 8.63. The van der Waals surface area contributed by atoms with Gasteiger partial charge in [0.2, 0.25) is 0 Å². The molecule has 0 saturated heterocycles. The molecule has 4 aliphatic carbocycles. The zero-order chi connectivity index (χ0) is 24.7. The first-order chi connectivity index (χ1) is 17.5. The molecule has 0 amide bonds. The summed E-state index contributed by atoms with van der Waals surface area (Å²) in [7, 11) is 0. The summed E-state index contributed by atoms with van der Waals surface area (Å²) in [5, 5.41) is 11.4. The summed E-state index contributed by atoms with van der Waals surface area (Å²) in [4.78, 5) is 11.4. The number of ether oxygens (including phenoxy) is 1. The molecule has 0 spiro atoms. The normalized spacial score (nSPS) is 26.4. The molecule has 7 rings (SSSR count). The summed E-state index contributed by atoms with van der Waals surface area (Å²) in [6, 6.07) is 18.8. The summed E-state index contributed by atoms with van der Waals surface area (Å²) in [5.74, 6) is 2.83. The molecular formula is C33H38O3. The third-order valence-corrected chi connectivity index (χ3v) is 9.28. The maximum Gasteiger partial charge on any atom is 0.335 e. The van der Waals surface area contributed by atoms with Crippen molar-refractivity contribution in [2.75, 3.05) is 6.61 Å². The zero-order valence-electron chi connectivity index (χ0n) is 21.5. The first kappa shape index (κ1) is 23.6. The number of hydrogen-bond acceptors (Lipinski definition) is 2. The van der Waals surface area contributed by atoms with Crippen molar-refractivity contribution in [1.29, 1.82) is 0 Å². The van der Waals surface area contributed by atoms with Crippen LogP contribution in [0.1, 0.15) is 87.1 Å². The molecule has 4 saturated carbocycles. The van der Waals surface area contributed by atoms with Crippen LogP contribution in [0.25, 0.3) is 21.9 Å². The number of aromatic carboxylic acids is 1. The van der Waals surface area contributed by atoms with Gasteiger partial charge in [0, 0.05) is 5.56 Å². The van der Waals surface area contributed by atoms with Crippen LogP contribution in [0.2, 0.25) is 0 Å². The van der Waals surface area contributed by atoms with Crippen LogP contribution in [0.15, 0.2) is 54.6 Å². The minimum Gasteiger partial charge on any atom is -0.493 e. The Morgan fingerprint density at radius 2 is 1.56 bits per heavy atom. The monoisotopic (exact) mass is 482 g/mol. The lowest BCUT2D eigenvalue weighted by atomic mass is 9.48. The first-order valence-corrected chi connectivity index (χ1v) is 14.1. The summed E-state index contributed by atoms with van der Waals surface area (Å²) >= 11 is 0. The topological polar surface area (TPSA) is 46.5 Å². The largest absolute Gasteiger partial charge is 0.493 e. The van der Waals surface area contributed by atoms with Crippen LogP contribution < -0.4 is 4.74 Å². The number of carbonyl (C=O) groups is 1. The molecule has 1 N–H and O–H groups in total. The molecule has 4 fully saturated rings. The van der Waals surface area contributed by atoms with Gasteiger partial charge in [-0.1, -0.05) is 50.5 Å². The van der Waals surface area contributed by atoms with Crippen molar-refractivity contribution in [3.05, 3.63) is 65.7 Å². The van der Waals surface area contributed by atoms with E-state index >= 15 is 0 Å². The number of rotatable bonds is 9. The number of fused-ring (bicyclic) bond motifs is 1. The average Bonchev–Trinajstić information content (AvgIpc) is 2.87. The van der Waals surface area contributed by atoms with Crippen LogP contribution >= 0.6 is 0 Å². The highest BCUT2D eigenvalue weighted by molar-refractivity contribution is 5.96. The summed E-state index contributed by atoms with van der Waals surface area (Å²) < 4.78 is 6.40. The van der Waals surface area contributed by atoms with Crippen molar-refractivity contribution in [2.24, 2.45) is 17.8 Å². The smallest absolute Gasteiger partial charge is 0.335 e. The minimum absolute atomic E-state index is 0.329.